The number of anilines is 1. The molecule has 0 saturated heterocycles. The molecule has 0 aliphatic rings. The van der Waals surface area contributed by atoms with Gasteiger partial charge in [0.25, 0.3) is 18.2 Å². The molecule has 0 bridgehead atoms. The Kier molecular flexibility index (Phi) is 12.0. The van der Waals surface area contributed by atoms with Crippen molar-refractivity contribution in [3.63, 3.8) is 0 Å². The van der Waals surface area contributed by atoms with Crippen molar-refractivity contribution in [1.29, 1.82) is 0 Å². The Morgan fingerprint density at radius 3 is 2.28 bits per heavy atom. The first-order valence-electron chi connectivity index (χ1n) is 11.9. The Morgan fingerprint density at radius 2 is 1.77 bits per heavy atom. The fraction of sp³-hybridized carbons (Fsp3) is 0.520. The normalized spacial score (nSPS) is 13.1. The first-order chi connectivity index (χ1) is 18.1. The molecule has 1 atom stereocenters. The maximum Gasteiger partial charge on any atom is 0.426 e. The molecule has 14 heteroatoms. The van der Waals surface area contributed by atoms with Gasteiger partial charge < -0.3 is 19.0 Å². The van der Waals surface area contributed by atoms with Crippen molar-refractivity contribution in [3.8, 4) is 17.5 Å². The number of aliphatic hydroxyl groups is 1. The number of nitrogens with one attached hydrogen (secondary N) is 1. The average Bonchev–Trinajstić information content (AvgIpc) is 3.33. The van der Waals surface area contributed by atoms with Gasteiger partial charge >= 0.3 is 12.3 Å². The third-order valence-electron chi connectivity index (χ3n) is 4.61. The van der Waals surface area contributed by atoms with Gasteiger partial charge in [-0.1, -0.05) is 26.0 Å². The quantitative estimate of drug-likeness (QED) is 0.168. The van der Waals surface area contributed by atoms with Crippen molar-refractivity contribution in [1.82, 2.24) is 15.2 Å². The first-order valence-corrected chi connectivity index (χ1v) is 11.9. The van der Waals surface area contributed by atoms with Crippen molar-refractivity contribution in [3.05, 3.63) is 42.8 Å². The molecule has 2 N–H and O–H groups in total. The highest BCUT2D eigenvalue weighted by Gasteiger charge is 2.58. The minimum atomic E-state index is -5.21. The zero-order valence-electron chi connectivity index (χ0n) is 22.4. The van der Waals surface area contributed by atoms with Crippen LogP contribution in [-0.4, -0.2) is 44.8 Å². The smallest absolute Gasteiger partial charge is 0.426 e. The van der Waals surface area contributed by atoms with Crippen molar-refractivity contribution >= 4 is 11.8 Å². The largest absolute Gasteiger partial charge is 0.477 e. The lowest BCUT2D eigenvalue weighted by molar-refractivity contribution is -0.276. The number of hydrogen-bond acceptors (Lipinski definition) is 8. The van der Waals surface area contributed by atoms with Crippen LogP contribution in [0.15, 0.2) is 35.8 Å². The summed E-state index contributed by atoms with van der Waals surface area (Å²) in [5.41, 5.74) is -6.15. The van der Waals surface area contributed by atoms with Gasteiger partial charge in [-0.2, -0.15) is 13.2 Å². The Morgan fingerprint density at radius 1 is 1.15 bits per heavy atom. The molecule has 0 spiro atoms. The summed E-state index contributed by atoms with van der Waals surface area (Å²) in [4.78, 5) is 16.3. The van der Waals surface area contributed by atoms with E-state index in [2.05, 4.69) is 33.7 Å². The predicted molar refractivity (Wildman–Crippen MR) is 133 cm³/mol. The molecule has 1 unspecified atom stereocenters. The number of carbonyl (C=O) groups excluding carboxylic acids is 1. The summed E-state index contributed by atoms with van der Waals surface area (Å²) >= 11 is 0. The van der Waals surface area contributed by atoms with Crippen LogP contribution in [0.5, 0.6) is 5.88 Å². The van der Waals surface area contributed by atoms with Crippen molar-refractivity contribution in [2.75, 3.05) is 11.9 Å². The summed E-state index contributed by atoms with van der Waals surface area (Å²) in [5, 5.41) is 19.4. The highest BCUT2D eigenvalue weighted by Crippen LogP contribution is 2.43. The molecule has 9 nitrogen and oxygen atoms in total. The Hall–Kier alpha value is -3.55. The monoisotopic (exact) mass is 564 g/mol. The number of carbonyl (C=O) groups is 1. The van der Waals surface area contributed by atoms with Crippen LogP contribution >= 0.6 is 0 Å². The minimum Gasteiger partial charge on any atom is -0.477 e. The van der Waals surface area contributed by atoms with Gasteiger partial charge in [0, 0.05) is 0 Å². The number of aromatic nitrogens is 3. The lowest BCUT2D eigenvalue weighted by Crippen LogP contribution is -2.42. The Balaban J connectivity index is 0.00000371. The molecular formula is C25H33F5N4O5. The van der Waals surface area contributed by atoms with Crippen molar-refractivity contribution < 1.29 is 45.7 Å². The zero-order valence-corrected chi connectivity index (χ0v) is 22.4. The van der Waals surface area contributed by atoms with E-state index in [0.29, 0.717) is 0 Å². The molecule has 0 radical (unpaired) electrons. The number of amides is 1. The van der Waals surface area contributed by atoms with Crippen LogP contribution in [0, 0.1) is 0 Å². The molecule has 1 amide bonds. The molecule has 2 aromatic rings. The summed E-state index contributed by atoms with van der Waals surface area (Å²) in [5.74, 6) is -2.51. The molecule has 218 valence electrons. The highest BCUT2D eigenvalue weighted by molar-refractivity contribution is 5.89. The van der Waals surface area contributed by atoms with Gasteiger partial charge in [0.1, 0.15) is 5.60 Å². The van der Waals surface area contributed by atoms with Crippen LogP contribution in [0.4, 0.5) is 32.4 Å². The molecule has 2 rings (SSSR count). The third kappa shape index (κ3) is 9.01. The zero-order chi connectivity index (χ0) is 30.0. The number of halogens is 5. The van der Waals surface area contributed by atoms with Crippen LogP contribution in [0.2, 0.25) is 0 Å². The summed E-state index contributed by atoms with van der Waals surface area (Å²) in [6.07, 6.45) is -7.62. The number of rotatable bonds is 11. The Bertz CT molecular complexity index is 1120. The maximum atomic E-state index is 13.8. The van der Waals surface area contributed by atoms with Crippen LogP contribution in [0.3, 0.4) is 0 Å². The second-order valence-corrected chi connectivity index (χ2v) is 8.73. The van der Waals surface area contributed by atoms with E-state index >= 15 is 0 Å². The number of nitrogens with zero attached hydrogens (tertiary/aromatic N) is 3. The SMILES string of the molecule is C=CCCOc1nc(-c2nnc(C(O)(CCC=C)C(F)(F)F)o2)c(NC(=O)OC(C)(C)C)cc1C(F)F.CC. The molecular weight excluding hydrogens is 531 g/mol. The predicted octanol–water partition coefficient (Wildman–Crippen LogP) is 7.11. The molecule has 0 fully saturated rings. The van der Waals surface area contributed by atoms with Crippen molar-refractivity contribution in [2.45, 2.75) is 77.7 Å². The van der Waals surface area contributed by atoms with E-state index in [1.807, 2.05) is 13.8 Å². The number of allylic oxidation sites excluding steroid dienone is 1. The van der Waals surface area contributed by atoms with E-state index in [1.54, 1.807) is 20.8 Å². The molecule has 39 heavy (non-hydrogen) atoms. The van der Waals surface area contributed by atoms with Crippen LogP contribution in [0.1, 0.15) is 71.8 Å². The number of ether oxygens (including phenoxy) is 2. The molecule has 0 aliphatic heterocycles. The van der Waals surface area contributed by atoms with Crippen LogP contribution < -0.4 is 10.1 Å². The average molecular weight is 565 g/mol. The van der Waals surface area contributed by atoms with Gasteiger partial charge in [0.2, 0.25) is 11.5 Å². The summed E-state index contributed by atoms with van der Waals surface area (Å²) in [6, 6.07) is 0.803. The summed E-state index contributed by atoms with van der Waals surface area (Å²) in [6.45, 7) is 15.4. The van der Waals surface area contributed by atoms with Crippen LogP contribution in [-0.2, 0) is 10.3 Å². The van der Waals surface area contributed by atoms with Gasteiger partial charge in [-0.25, -0.2) is 18.6 Å². The van der Waals surface area contributed by atoms with Gasteiger partial charge in [0.15, 0.2) is 5.69 Å². The number of pyridine rings is 1. The van der Waals surface area contributed by atoms with Gasteiger partial charge in [-0.3, -0.25) is 5.32 Å². The second-order valence-electron chi connectivity index (χ2n) is 8.73. The van der Waals surface area contributed by atoms with Crippen LogP contribution in [0.25, 0.3) is 11.6 Å². The second kappa shape index (κ2) is 14.0. The van der Waals surface area contributed by atoms with E-state index in [0.717, 1.165) is 12.1 Å². The van der Waals surface area contributed by atoms with E-state index in [4.69, 9.17) is 13.9 Å². The highest BCUT2D eigenvalue weighted by atomic mass is 19.4. The van der Waals surface area contributed by atoms with Crippen molar-refractivity contribution in [2.24, 2.45) is 0 Å². The lowest BCUT2D eigenvalue weighted by Gasteiger charge is -2.26. The molecule has 0 aromatic carbocycles. The van der Waals surface area contributed by atoms with E-state index < -0.39 is 70.9 Å². The molecule has 0 aliphatic carbocycles. The summed E-state index contributed by atoms with van der Waals surface area (Å²) < 4.78 is 84.2. The topological polar surface area (TPSA) is 120 Å². The first kappa shape index (κ1) is 33.5. The maximum absolute atomic E-state index is 13.8. The van der Waals surface area contributed by atoms with Gasteiger partial charge in [-0.15, -0.1) is 23.4 Å². The van der Waals surface area contributed by atoms with E-state index in [-0.39, 0.29) is 19.4 Å². The molecule has 2 heterocycles. The van der Waals surface area contributed by atoms with E-state index in [1.165, 1.54) is 6.08 Å². The fourth-order valence-corrected chi connectivity index (χ4v) is 2.86. The fourth-order valence-electron chi connectivity index (χ4n) is 2.86. The number of hydrogen-bond donors (Lipinski definition) is 2. The van der Waals surface area contributed by atoms with Gasteiger partial charge in [0.05, 0.1) is 17.9 Å². The number of alkyl halides is 5. The van der Waals surface area contributed by atoms with E-state index in [9.17, 15) is 31.9 Å². The van der Waals surface area contributed by atoms with Gasteiger partial charge in [-0.05, 0) is 46.1 Å². The standard InChI is InChI=1S/C23H27F5N4O5.C2H6/c1-6-8-10-22(34,23(26,27)28)19-32-31-18(36-19)15-14(29-20(33)37-21(3,4)5)12-13(16(24)25)17(30-15)35-11-9-7-2;1-2/h6-7,12,16,34H,1-2,8-11H2,3-5H3,(H,29,33);1-2H3. The minimum absolute atomic E-state index is 0.0983. The lowest BCUT2D eigenvalue weighted by atomic mass is 9.97. The molecule has 0 saturated carbocycles. The Labute approximate surface area is 223 Å². The molecule has 2 aromatic heterocycles. The summed E-state index contributed by atoms with van der Waals surface area (Å²) in [7, 11) is 0. The third-order valence-corrected chi connectivity index (χ3v) is 4.61.